The minimum absolute atomic E-state index is 0.391. The van der Waals surface area contributed by atoms with E-state index >= 15 is 0 Å². The van der Waals surface area contributed by atoms with Gasteiger partial charge in [0.25, 0.3) is 0 Å². The quantitative estimate of drug-likeness (QED) is 0.797. The zero-order valence-electron chi connectivity index (χ0n) is 10.8. The summed E-state index contributed by atoms with van der Waals surface area (Å²) < 4.78 is 5.77. The first kappa shape index (κ1) is 13.0. The number of hydrogen-bond acceptors (Lipinski definition) is 2. The first-order chi connectivity index (χ1) is 7.59. The zero-order valence-corrected chi connectivity index (χ0v) is 10.8. The molecule has 0 aromatic heterocycles. The van der Waals surface area contributed by atoms with E-state index < -0.39 is 0 Å². The third kappa shape index (κ3) is 4.67. The van der Waals surface area contributed by atoms with Crippen LogP contribution in [0.25, 0.3) is 0 Å². The molecule has 2 heteroatoms. The molecule has 0 aliphatic rings. The van der Waals surface area contributed by atoms with Gasteiger partial charge in [-0.05, 0) is 37.9 Å². The number of ether oxygens (including phenoxy) is 1. The zero-order chi connectivity index (χ0) is 12.0. The predicted molar refractivity (Wildman–Crippen MR) is 69.0 cm³/mol. The highest BCUT2D eigenvalue weighted by atomic mass is 16.5. The second-order valence-corrected chi connectivity index (χ2v) is 4.78. The average molecular weight is 221 g/mol. The normalized spacial score (nSPS) is 12.8. The largest absolute Gasteiger partial charge is 0.492 e. The Balaban J connectivity index is 2.31. The Kier molecular flexibility index (Phi) is 5.33. The molecule has 1 atom stereocenters. The van der Waals surface area contributed by atoms with Crippen molar-refractivity contribution in [3.8, 4) is 5.75 Å². The Morgan fingerprint density at radius 3 is 2.50 bits per heavy atom. The SMILES string of the molecule is Cc1ccccc1OCC(C)NCC(C)C. The van der Waals surface area contributed by atoms with Gasteiger partial charge in [0.2, 0.25) is 0 Å². The van der Waals surface area contributed by atoms with E-state index in [2.05, 4.69) is 39.1 Å². The van der Waals surface area contributed by atoms with Gasteiger partial charge in [0, 0.05) is 6.04 Å². The molecule has 2 nitrogen and oxygen atoms in total. The van der Waals surface area contributed by atoms with Gasteiger partial charge in [-0.2, -0.15) is 0 Å². The highest BCUT2D eigenvalue weighted by Crippen LogP contribution is 2.16. The molecule has 0 heterocycles. The lowest BCUT2D eigenvalue weighted by atomic mass is 10.2. The molecule has 1 unspecified atom stereocenters. The van der Waals surface area contributed by atoms with Crippen molar-refractivity contribution in [2.45, 2.75) is 33.7 Å². The minimum atomic E-state index is 0.391. The molecule has 0 saturated carbocycles. The fourth-order valence-electron chi connectivity index (χ4n) is 1.43. The van der Waals surface area contributed by atoms with E-state index in [-0.39, 0.29) is 0 Å². The van der Waals surface area contributed by atoms with Crippen LogP contribution in [0.2, 0.25) is 0 Å². The van der Waals surface area contributed by atoms with Crippen LogP contribution in [0.5, 0.6) is 5.75 Å². The van der Waals surface area contributed by atoms with E-state index in [1.54, 1.807) is 0 Å². The Morgan fingerprint density at radius 2 is 1.88 bits per heavy atom. The second-order valence-electron chi connectivity index (χ2n) is 4.78. The van der Waals surface area contributed by atoms with Gasteiger partial charge < -0.3 is 10.1 Å². The Labute approximate surface area is 99.0 Å². The van der Waals surface area contributed by atoms with Crippen molar-refractivity contribution in [2.24, 2.45) is 5.92 Å². The van der Waals surface area contributed by atoms with Gasteiger partial charge in [-0.15, -0.1) is 0 Å². The van der Waals surface area contributed by atoms with Gasteiger partial charge in [0.05, 0.1) is 0 Å². The van der Waals surface area contributed by atoms with Crippen LogP contribution >= 0.6 is 0 Å². The average Bonchev–Trinajstić information content (AvgIpc) is 2.25. The second kappa shape index (κ2) is 6.54. The molecule has 0 saturated heterocycles. The van der Waals surface area contributed by atoms with Crippen molar-refractivity contribution < 1.29 is 4.74 Å². The smallest absolute Gasteiger partial charge is 0.122 e. The molecule has 0 spiro atoms. The molecule has 1 aromatic carbocycles. The van der Waals surface area contributed by atoms with Gasteiger partial charge in [0.15, 0.2) is 0 Å². The van der Waals surface area contributed by atoms with E-state index in [1.807, 2.05) is 18.2 Å². The number of aryl methyl sites for hydroxylation is 1. The molecule has 0 aliphatic heterocycles. The Morgan fingerprint density at radius 1 is 1.19 bits per heavy atom. The van der Waals surface area contributed by atoms with Crippen LogP contribution in [0.1, 0.15) is 26.3 Å². The van der Waals surface area contributed by atoms with Crippen LogP contribution in [0, 0.1) is 12.8 Å². The Bertz CT molecular complexity index is 309. The van der Waals surface area contributed by atoms with Gasteiger partial charge in [-0.25, -0.2) is 0 Å². The standard InChI is InChI=1S/C14H23NO/c1-11(2)9-15-13(4)10-16-14-8-6-5-7-12(14)3/h5-8,11,13,15H,9-10H2,1-4H3. The van der Waals surface area contributed by atoms with Crippen molar-refractivity contribution in [3.63, 3.8) is 0 Å². The first-order valence-electron chi connectivity index (χ1n) is 6.01. The van der Waals surface area contributed by atoms with E-state index in [4.69, 9.17) is 4.74 Å². The maximum Gasteiger partial charge on any atom is 0.122 e. The summed E-state index contributed by atoms with van der Waals surface area (Å²) in [4.78, 5) is 0. The predicted octanol–water partition coefficient (Wildman–Crippen LogP) is 3.01. The third-order valence-corrected chi connectivity index (χ3v) is 2.46. The molecule has 1 aromatic rings. The Hall–Kier alpha value is -1.02. The molecule has 0 fully saturated rings. The summed E-state index contributed by atoms with van der Waals surface area (Å²) in [6.45, 7) is 10.4. The first-order valence-corrected chi connectivity index (χ1v) is 6.01. The fourth-order valence-corrected chi connectivity index (χ4v) is 1.43. The van der Waals surface area contributed by atoms with E-state index in [0.717, 1.165) is 18.9 Å². The molecule has 0 radical (unpaired) electrons. The molecule has 1 rings (SSSR count). The summed E-state index contributed by atoms with van der Waals surface area (Å²) in [6, 6.07) is 8.52. The van der Waals surface area contributed by atoms with Crippen LogP contribution in [-0.2, 0) is 0 Å². The van der Waals surface area contributed by atoms with Crippen molar-refractivity contribution in [3.05, 3.63) is 29.8 Å². The molecule has 1 N–H and O–H groups in total. The number of benzene rings is 1. The third-order valence-electron chi connectivity index (χ3n) is 2.46. The number of nitrogens with one attached hydrogen (secondary N) is 1. The number of hydrogen-bond donors (Lipinski definition) is 1. The molecular formula is C14H23NO. The highest BCUT2D eigenvalue weighted by Gasteiger charge is 2.04. The van der Waals surface area contributed by atoms with Gasteiger partial charge in [-0.1, -0.05) is 32.0 Å². The molecular weight excluding hydrogens is 198 g/mol. The van der Waals surface area contributed by atoms with Crippen molar-refractivity contribution in [1.29, 1.82) is 0 Å². The minimum Gasteiger partial charge on any atom is -0.492 e. The van der Waals surface area contributed by atoms with Crippen molar-refractivity contribution in [1.82, 2.24) is 5.32 Å². The van der Waals surface area contributed by atoms with Crippen LogP contribution in [0.15, 0.2) is 24.3 Å². The van der Waals surface area contributed by atoms with Gasteiger partial charge in [0.1, 0.15) is 12.4 Å². The lowest BCUT2D eigenvalue weighted by molar-refractivity contribution is 0.268. The van der Waals surface area contributed by atoms with Gasteiger partial charge >= 0.3 is 0 Å². The van der Waals surface area contributed by atoms with E-state index in [1.165, 1.54) is 5.56 Å². The molecule has 90 valence electrons. The maximum atomic E-state index is 5.77. The van der Waals surface area contributed by atoms with E-state index in [9.17, 15) is 0 Å². The van der Waals surface area contributed by atoms with Crippen LogP contribution in [-0.4, -0.2) is 19.2 Å². The number of rotatable bonds is 6. The highest BCUT2D eigenvalue weighted by molar-refractivity contribution is 5.31. The summed E-state index contributed by atoms with van der Waals surface area (Å²) in [5.74, 6) is 1.67. The number of para-hydroxylation sites is 1. The van der Waals surface area contributed by atoms with Crippen molar-refractivity contribution >= 4 is 0 Å². The van der Waals surface area contributed by atoms with Gasteiger partial charge in [-0.3, -0.25) is 0 Å². The van der Waals surface area contributed by atoms with Crippen LogP contribution in [0.4, 0.5) is 0 Å². The maximum absolute atomic E-state index is 5.77. The summed E-state index contributed by atoms with van der Waals surface area (Å²) in [6.07, 6.45) is 0. The molecule has 0 aliphatic carbocycles. The lowest BCUT2D eigenvalue weighted by Crippen LogP contribution is -2.34. The summed E-state index contributed by atoms with van der Waals surface area (Å²) in [5.41, 5.74) is 1.19. The van der Waals surface area contributed by atoms with E-state index in [0.29, 0.717) is 12.0 Å². The molecule has 0 amide bonds. The van der Waals surface area contributed by atoms with Crippen LogP contribution in [0.3, 0.4) is 0 Å². The summed E-state index contributed by atoms with van der Waals surface area (Å²) in [7, 11) is 0. The summed E-state index contributed by atoms with van der Waals surface area (Å²) in [5, 5.41) is 3.45. The monoisotopic (exact) mass is 221 g/mol. The lowest BCUT2D eigenvalue weighted by Gasteiger charge is -2.17. The molecule has 0 bridgehead atoms. The van der Waals surface area contributed by atoms with Crippen LogP contribution < -0.4 is 10.1 Å². The topological polar surface area (TPSA) is 21.3 Å². The molecule has 16 heavy (non-hydrogen) atoms. The summed E-state index contributed by atoms with van der Waals surface area (Å²) >= 11 is 0. The fraction of sp³-hybridized carbons (Fsp3) is 0.571. The van der Waals surface area contributed by atoms with Crippen molar-refractivity contribution in [2.75, 3.05) is 13.2 Å².